The number of amides is 1. The van der Waals surface area contributed by atoms with E-state index >= 15 is 0 Å². The lowest BCUT2D eigenvalue weighted by molar-refractivity contribution is 0.0746. The lowest BCUT2D eigenvalue weighted by Gasteiger charge is -2.36. The zero-order valence-electron chi connectivity index (χ0n) is 18.4. The second kappa shape index (κ2) is 8.66. The van der Waals surface area contributed by atoms with Crippen LogP contribution in [-0.2, 0) is 4.74 Å². The fourth-order valence-electron chi connectivity index (χ4n) is 4.42. The zero-order valence-corrected chi connectivity index (χ0v) is 18.4. The van der Waals surface area contributed by atoms with Crippen LogP contribution >= 0.6 is 0 Å². The molecule has 5 rings (SSSR count). The molecule has 3 aromatic rings. The van der Waals surface area contributed by atoms with Crippen molar-refractivity contribution in [2.45, 2.75) is 6.92 Å². The molecule has 0 aliphatic carbocycles. The van der Waals surface area contributed by atoms with Crippen molar-refractivity contribution in [3.63, 3.8) is 0 Å². The van der Waals surface area contributed by atoms with Gasteiger partial charge in [0.05, 0.1) is 31.3 Å². The maximum Gasteiger partial charge on any atom is 0.258 e. The van der Waals surface area contributed by atoms with E-state index in [9.17, 15) is 4.79 Å². The average Bonchev–Trinajstić information content (AvgIpc) is 3.20. The van der Waals surface area contributed by atoms with Gasteiger partial charge < -0.3 is 28.6 Å². The number of carbonyl (C=O) groups excluding carboxylic acids is 1. The molecule has 2 fully saturated rings. The van der Waals surface area contributed by atoms with Crippen LogP contribution in [0.15, 0.2) is 35.0 Å². The van der Waals surface area contributed by atoms with Gasteiger partial charge in [0.1, 0.15) is 23.7 Å². The van der Waals surface area contributed by atoms with Crippen LogP contribution in [0.1, 0.15) is 16.1 Å². The summed E-state index contributed by atoms with van der Waals surface area (Å²) < 4.78 is 16.6. The molecule has 2 aliphatic rings. The Labute approximate surface area is 186 Å². The van der Waals surface area contributed by atoms with Crippen molar-refractivity contribution in [2.24, 2.45) is 0 Å². The molecule has 2 aromatic heterocycles. The first kappa shape index (κ1) is 20.6. The maximum atomic E-state index is 13.6. The van der Waals surface area contributed by atoms with Gasteiger partial charge in [0, 0.05) is 45.0 Å². The Morgan fingerprint density at radius 3 is 2.38 bits per heavy atom. The molecule has 0 bridgehead atoms. The van der Waals surface area contributed by atoms with Crippen molar-refractivity contribution in [2.75, 3.05) is 69.4 Å². The summed E-state index contributed by atoms with van der Waals surface area (Å²) in [5.74, 6) is 2.14. The van der Waals surface area contributed by atoms with Crippen LogP contribution in [0.5, 0.6) is 5.75 Å². The van der Waals surface area contributed by atoms with Gasteiger partial charge in [0.2, 0.25) is 5.71 Å². The molecule has 0 spiro atoms. The number of fused-ring (bicyclic) bond motifs is 1. The highest BCUT2D eigenvalue weighted by atomic mass is 16.5. The van der Waals surface area contributed by atoms with Crippen molar-refractivity contribution in [3.05, 3.63) is 41.9 Å². The monoisotopic (exact) mass is 437 g/mol. The number of aromatic nitrogens is 2. The van der Waals surface area contributed by atoms with Crippen molar-refractivity contribution in [1.82, 2.24) is 14.9 Å². The van der Waals surface area contributed by atoms with Crippen molar-refractivity contribution >= 4 is 28.5 Å². The third-order valence-electron chi connectivity index (χ3n) is 6.17. The number of anilines is 2. The Bertz CT molecular complexity index is 1100. The van der Waals surface area contributed by atoms with Crippen LogP contribution < -0.4 is 14.5 Å². The standard InChI is InChI=1S/C23H27N5O4/c1-16-19(20-21(24-15-25-22(20)32-16)27-11-13-31-14-12-27)23(29)28-9-7-26(8-10-28)17-3-5-18(30-2)6-4-17/h3-6,15H,7-14H2,1-2H3. The van der Waals surface area contributed by atoms with Crippen LogP contribution in [0.3, 0.4) is 0 Å². The first-order chi connectivity index (χ1) is 15.7. The Hall–Kier alpha value is -3.33. The molecular weight excluding hydrogens is 410 g/mol. The first-order valence-corrected chi connectivity index (χ1v) is 10.9. The molecule has 9 heteroatoms. The summed E-state index contributed by atoms with van der Waals surface area (Å²) in [5, 5.41) is 0.703. The molecule has 168 valence electrons. The van der Waals surface area contributed by atoms with E-state index < -0.39 is 0 Å². The second-order valence-corrected chi connectivity index (χ2v) is 7.99. The predicted octanol–water partition coefficient (Wildman–Crippen LogP) is 2.34. The number of benzene rings is 1. The van der Waals surface area contributed by atoms with Gasteiger partial charge in [0.25, 0.3) is 5.91 Å². The molecule has 0 atom stereocenters. The average molecular weight is 438 g/mol. The van der Waals surface area contributed by atoms with Gasteiger partial charge in [-0.2, -0.15) is 0 Å². The number of morpholine rings is 1. The Kier molecular flexibility index (Phi) is 5.57. The topological polar surface area (TPSA) is 84.2 Å². The number of methoxy groups -OCH3 is 1. The minimum atomic E-state index is -0.0278. The Balaban J connectivity index is 1.37. The highest BCUT2D eigenvalue weighted by Gasteiger charge is 2.30. The van der Waals surface area contributed by atoms with Gasteiger partial charge >= 0.3 is 0 Å². The zero-order chi connectivity index (χ0) is 22.1. The number of carbonyl (C=O) groups is 1. The number of piperazine rings is 1. The highest BCUT2D eigenvalue weighted by molar-refractivity contribution is 6.10. The smallest absolute Gasteiger partial charge is 0.258 e. The van der Waals surface area contributed by atoms with Crippen molar-refractivity contribution in [1.29, 1.82) is 0 Å². The van der Waals surface area contributed by atoms with E-state index in [2.05, 4.69) is 31.9 Å². The molecule has 9 nitrogen and oxygen atoms in total. The Morgan fingerprint density at radius 1 is 0.969 bits per heavy atom. The van der Waals surface area contributed by atoms with E-state index in [0.717, 1.165) is 43.4 Å². The van der Waals surface area contributed by atoms with E-state index in [0.29, 0.717) is 48.7 Å². The van der Waals surface area contributed by atoms with Crippen LogP contribution in [0.2, 0.25) is 0 Å². The van der Waals surface area contributed by atoms with Crippen molar-refractivity contribution in [3.8, 4) is 5.75 Å². The van der Waals surface area contributed by atoms with Crippen molar-refractivity contribution < 1.29 is 18.7 Å². The molecule has 4 heterocycles. The highest BCUT2D eigenvalue weighted by Crippen LogP contribution is 2.33. The minimum absolute atomic E-state index is 0.0278. The van der Waals surface area contributed by atoms with E-state index in [1.54, 1.807) is 7.11 Å². The number of hydrogen-bond acceptors (Lipinski definition) is 8. The van der Waals surface area contributed by atoms with Gasteiger partial charge in [-0.15, -0.1) is 0 Å². The van der Waals surface area contributed by atoms with Crippen LogP contribution in [0.25, 0.3) is 11.1 Å². The molecular formula is C23H27N5O4. The third kappa shape index (κ3) is 3.73. The van der Waals surface area contributed by atoms with Crippen LogP contribution in [0, 0.1) is 6.92 Å². The fraction of sp³-hybridized carbons (Fsp3) is 0.435. The molecule has 32 heavy (non-hydrogen) atoms. The number of furan rings is 1. The largest absolute Gasteiger partial charge is 0.497 e. The predicted molar refractivity (Wildman–Crippen MR) is 121 cm³/mol. The van der Waals surface area contributed by atoms with Gasteiger partial charge in [-0.3, -0.25) is 4.79 Å². The molecule has 0 saturated carbocycles. The summed E-state index contributed by atoms with van der Waals surface area (Å²) in [7, 11) is 1.66. The second-order valence-electron chi connectivity index (χ2n) is 7.99. The van der Waals surface area contributed by atoms with Gasteiger partial charge in [-0.05, 0) is 31.2 Å². The van der Waals surface area contributed by atoms with E-state index in [4.69, 9.17) is 13.9 Å². The fourth-order valence-corrected chi connectivity index (χ4v) is 4.42. The SMILES string of the molecule is COc1ccc(N2CCN(C(=O)c3c(C)oc4ncnc(N5CCOCC5)c34)CC2)cc1. The molecule has 0 N–H and O–H groups in total. The normalized spacial score (nSPS) is 17.1. The lowest BCUT2D eigenvalue weighted by Crippen LogP contribution is -2.49. The molecule has 0 unspecified atom stereocenters. The Morgan fingerprint density at radius 2 is 1.69 bits per heavy atom. The quantitative estimate of drug-likeness (QED) is 0.615. The third-order valence-corrected chi connectivity index (χ3v) is 6.17. The van der Waals surface area contributed by atoms with Crippen LogP contribution in [-0.4, -0.2) is 80.4 Å². The summed E-state index contributed by atoms with van der Waals surface area (Å²) in [6.45, 7) is 7.35. The molecule has 1 aromatic carbocycles. The van der Waals surface area contributed by atoms with Crippen LogP contribution in [0.4, 0.5) is 11.5 Å². The van der Waals surface area contributed by atoms with Gasteiger partial charge in [-0.25, -0.2) is 9.97 Å². The summed E-state index contributed by atoms with van der Waals surface area (Å²) in [6, 6.07) is 8.02. The van der Waals surface area contributed by atoms with E-state index in [1.807, 2.05) is 24.0 Å². The number of hydrogen-bond donors (Lipinski definition) is 0. The van der Waals surface area contributed by atoms with E-state index in [-0.39, 0.29) is 5.91 Å². The molecule has 2 aliphatic heterocycles. The lowest BCUT2D eigenvalue weighted by atomic mass is 10.1. The number of nitrogens with zero attached hydrogens (tertiary/aromatic N) is 5. The minimum Gasteiger partial charge on any atom is -0.497 e. The molecule has 2 saturated heterocycles. The maximum absolute atomic E-state index is 13.6. The van der Waals surface area contributed by atoms with Gasteiger partial charge in [0.15, 0.2) is 0 Å². The van der Waals surface area contributed by atoms with Gasteiger partial charge in [-0.1, -0.05) is 0 Å². The summed E-state index contributed by atoms with van der Waals surface area (Å²) in [6.07, 6.45) is 1.50. The summed E-state index contributed by atoms with van der Waals surface area (Å²) >= 11 is 0. The number of rotatable bonds is 4. The van der Waals surface area contributed by atoms with E-state index in [1.165, 1.54) is 6.33 Å². The first-order valence-electron chi connectivity index (χ1n) is 10.9. The summed E-state index contributed by atoms with van der Waals surface area (Å²) in [4.78, 5) is 28.7. The number of aryl methyl sites for hydroxylation is 1. The number of ether oxygens (including phenoxy) is 2. The summed E-state index contributed by atoms with van der Waals surface area (Å²) in [5.41, 5.74) is 2.16. The molecule has 0 radical (unpaired) electrons. The molecule has 1 amide bonds.